The Hall–Kier alpha value is -1.02. The molecule has 3 heteroatoms. The lowest BCUT2D eigenvalue weighted by Crippen LogP contribution is -1.97. The second-order valence-electron chi connectivity index (χ2n) is 2.19. The van der Waals surface area contributed by atoms with Crippen LogP contribution in [0.15, 0.2) is 24.3 Å². The first kappa shape index (κ1) is 6.49. The summed E-state index contributed by atoms with van der Waals surface area (Å²) in [5.74, 6) is -1.31. The van der Waals surface area contributed by atoms with Crippen molar-refractivity contribution in [2.24, 2.45) is 0 Å². The van der Waals surface area contributed by atoms with Crippen LogP contribution in [-0.2, 0) is 11.2 Å². The Labute approximate surface area is 78.6 Å². The molecule has 0 saturated carbocycles. The van der Waals surface area contributed by atoms with Crippen LogP contribution in [-0.4, -0.2) is 11.1 Å². The van der Waals surface area contributed by atoms with Gasteiger partial charge in [-0.3, -0.25) is 4.79 Å². The molecular formula is C9H9ClO2. The summed E-state index contributed by atoms with van der Waals surface area (Å²) in [5, 5.41) is 8.88. The van der Waals surface area contributed by atoms with Gasteiger partial charge in [0.1, 0.15) is 0 Å². The molecular weight excluding hydrogens is 176 g/mol. The van der Waals surface area contributed by atoms with E-state index < -0.39 is 18.8 Å². The van der Waals surface area contributed by atoms with E-state index in [1.165, 1.54) is 0 Å². The number of carboxylic acids is 1. The Balaban J connectivity index is 2.94. The summed E-state index contributed by atoms with van der Waals surface area (Å²) >= 11 is 5.77. The van der Waals surface area contributed by atoms with Crippen LogP contribution in [0.4, 0.5) is 0 Å². The van der Waals surface area contributed by atoms with Crippen molar-refractivity contribution in [3.8, 4) is 0 Å². The van der Waals surface area contributed by atoms with Crippen molar-refractivity contribution in [3.05, 3.63) is 34.9 Å². The van der Waals surface area contributed by atoms with E-state index in [4.69, 9.17) is 19.4 Å². The van der Waals surface area contributed by atoms with Crippen molar-refractivity contribution in [2.75, 3.05) is 0 Å². The van der Waals surface area contributed by atoms with Gasteiger partial charge < -0.3 is 5.11 Å². The molecule has 0 aliphatic heterocycles. The number of hydrogen-bond donors (Lipinski definition) is 1. The van der Waals surface area contributed by atoms with Crippen LogP contribution in [0, 0.1) is 0 Å². The highest BCUT2D eigenvalue weighted by Gasteiger charge is 2.01. The van der Waals surface area contributed by atoms with Crippen LogP contribution in [0.2, 0.25) is 5.02 Å². The van der Waals surface area contributed by atoms with Crippen molar-refractivity contribution in [3.63, 3.8) is 0 Å². The maximum atomic E-state index is 10.5. The molecule has 1 aromatic rings. The molecule has 2 unspecified atom stereocenters. The fourth-order valence-corrected chi connectivity index (χ4v) is 0.970. The summed E-state index contributed by atoms with van der Waals surface area (Å²) in [7, 11) is 0. The summed E-state index contributed by atoms with van der Waals surface area (Å²) in [6, 6.07) is 6.49. The minimum Gasteiger partial charge on any atom is -0.481 e. The first-order valence-electron chi connectivity index (χ1n) is 4.51. The Morgan fingerprint density at radius 2 is 2.25 bits per heavy atom. The van der Waals surface area contributed by atoms with Gasteiger partial charge in [0, 0.05) is 14.2 Å². The zero-order valence-corrected chi connectivity index (χ0v) is 6.95. The van der Waals surface area contributed by atoms with E-state index in [1.54, 1.807) is 24.3 Å². The van der Waals surface area contributed by atoms with E-state index in [0.29, 0.717) is 10.6 Å². The van der Waals surface area contributed by atoms with E-state index >= 15 is 0 Å². The van der Waals surface area contributed by atoms with Gasteiger partial charge in [0.05, 0.1) is 0 Å². The highest BCUT2D eigenvalue weighted by Crippen LogP contribution is 2.16. The molecule has 2 nitrogen and oxygen atoms in total. The van der Waals surface area contributed by atoms with Gasteiger partial charge in [0.25, 0.3) is 0 Å². The molecule has 0 amide bonds. The van der Waals surface area contributed by atoms with Gasteiger partial charge in [-0.15, -0.1) is 0 Å². The molecule has 0 aliphatic rings. The zero-order chi connectivity index (χ0) is 10.7. The van der Waals surface area contributed by atoms with Crippen LogP contribution in [0.5, 0.6) is 0 Å². The molecule has 0 aromatic heterocycles. The normalized spacial score (nSPS) is 17.4. The monoisotopic (exact) mass is 186 g/mol. The van der Waals surface area contributed by atoms with Gasteiger partial charge in [-0.1, -0.05) is 29.8 Å². The van der Waals surface area contributed by atoms with Crippen LogP contribution < -0.4 is 0 Å². The Bertz CT molecular complexity index is 343. The highest BCUT2D eigenvalue weighted by atomic mass is 35.5. The van der Waals surface area contributed by atoms with E-state index in [-0.39, 0.29) is 0 Å². The Kier molecular flexibility index (Phi) is 2.23. The van der Waals surface area contributed by atoms with Gasteiger partial charge in [-0.2, -0.15) is 0 Å². The maximum Gasteiger partial charge on any atom is 0.303 e. The third kappa shape index (κ3) is 2.55. The number of aryl methyl sites for hydroxylation is 1. The lowest BCUT2D eigenvalue weighted by molar-refractivity contribution is -0.136. The van der Waals surface area contributed by atoms with Gasteiger partial charge in [-0.05, 0) is 18.0 Å². The lowest BCUT2D eigenvalue weighted by Gasteiger charge is -1.99. The van der Waals surface area contributed by atoms with Gasteiger partial charge in [0.15, 0.2) is 0 Å². The average molecular weight is 187 g/mol. The van der Waals surface area contributed by atoms with E-state index in [9.17, 15) is 4.79 Å². The Morgan fingerprint density at radius 1 is 1.58 bits per heavy atom. The molecule has 1 N–H and O–H groups in total. The smallest absolute Gasteiger partial charge is 0.303 e. The topological polar surface area (TPSA) is 37.3 Å². The fraction of sp³-hybridized carbons (Fsp3) is 0.222. The number of aliphatic carboxylic acids is 1. The fourth-order valence-electron chi connectivity index (χ4n) is 0.771. The predicted molar refractivity (Wildman–Crippen MR) is 47.4 cm³/mol. The van der Waals surface area contributed by atoms with Crippen molar-refractivity contribution >= 4 is 17.6 Å². The van der Waals surface area contributed by atoms with Crippen LogP contribution >= 0.6 is 11.6 Å². The summed E-state index contributed by atoms with van der Waals surface area (Å²) in [4.78, 5) is 10.5. The van der Waals surface area contributed by atoms with Gasteiger partial charge >= 0.3 is 5.97 Å². The van der Waals surface area contributed by atoms with Crippen molar-refractivity contribution < 1.29 is 12.6 Å². The summed E-state index contributed by atoms with van der Waals surface area (Å²) in [6.07, 6.45) is -2.66. The number of rotatable bonds is 3. The maximum absolute atomic E-state index is 10.5. The molecule has 64 valence electrons. The predicted octanol–water partition coefficient (Wildman–Crippen LogP) is 2.36. The third-order valence-corrected chi connectivity index (χ3v) is 1.65. The van der Waals surface area contributed by atoms with Gasteiger partial charge in [-0.25, -0.2) is 0 Å². The van der Waals surface area contributed by atoms with Crippen LogP contribution in [0.25, 0.3) is 0 Å². The largest absolute Gasteiger partial charge is 0.481 e. The molecule has 2 atom stereocenters. The molecule has 1 rings (SSSR count). The molecule has 12 heavy (non-hydrogen) atoms. The summed E-state index contributed by atoms with van der Waals surface area (Å²) < 4.78 is 14.8. The van der Waals surface area contributed by atoms with Crippen LogP contribution in [0.1, 0.15) is 14.7 Å². The average Bonchev–Trinajstić information content (AvgIpc) is 2.16. The number of hydrogen-bond acceptors (Lipinski definition) is 1. The molecule has 0 spiro atoms. The SMILES string of the molecule is [2H]C(C(=O)O)C([2H])c1ccccc1Cl. The number of carboxylic acid groups (broad SMARTS) is 1. The quantitative estimate of drug-likeness (QED) is 0.787. The third-order valence-electron chi connectivity index (χ3n) is 1.31. The van der Waals surface area contributed by atoms with Crippen LogP contribution in [0.3, 0.4) is 0 Å². The van der Waals surface area contributed by atoms with Crippen molar-refractivity contribution in [1.82, 2.24) is 0 Å². The standard InChI is InChI=1S/C9H9ClO2/c10-8-4-2-1-3-7(8)5-6-9(11)12/h1-4H,5-6H2,(H,11,12)/i5D,6D. The minimum atomic E-state index is -1.50. The molecule has 0 fully saturated rings. The number of carbonyl (C=O) groups is 1. The van der Waals surface area contributed by atoms with E-state index in [2.05, 4.69) is 0 Å². The van der Waals surface area contributed by atoms with E-state index in [1.807, 2.05) is 0 Å². The number of halogens is 1. The lowest BCUT2D eigenvalue weighted by atomic mass is 10.1. The second kappa shape index (κ2) is 4.12. The molecule has 0 radical (unpaired) electrons. The minimum absolute atomic E-state index is 0.325. The molecule has 0 bridgehead atoms. The molecule has 1 aromatic carbocycles. The molecule has 0 heterocycles. The second-order valence-corrected chi connectivity index (χ2v) is 2.60. The van der Waals surface area contributed by atoms with Gasteiger partial charge in [0.2, 0.25) is 0 Å². The summed E-state index contributed by atoms with van der Waals surface area (Å²) in [6.45, 7) is 0. The molecule has 0 aliphatic carbocycles. The van der Waals surface area contributed by atoms with Crippen molar-refractivity contribution in [2.45, 2.75) is 12.8 Å². The highest BCUT2D eigenvalue weighted by molar-refractivity contribution is 6.31. The summed E-state index contributed by atoms with van der Waals surface area (Å²) in [5.41, 5.74) is 0.372. The first-order valence-corrected chi connectivity index (χ1v) is 3.73. The van der Waals surface area contributed by atoms with Crippen molar-refractivity contribution in [1.29, 1.82) is 0 Å². The Morgan fingerprint density at radius 3 is 2.83 bits per heavy atom. The zero-order valence-electron chi connectivity index (χ0n) is 8.20. The number of benzene rings is 1. The van der Waals surface area contributed by atoms with E-state index in [0.717, 1.165) is 0 Å². The first-order chi connectivity index (χ1) is 6.54. The molecule has 0 saturated heterocycles.